The predicted octanol–water partition coefficient (Wildman–Crippen LogP) is 2.74. The molecule has 128 valence electrons. The van der Waals surface area contributed by atoms with E-state index in [4.69, 9.17) is 4.74 Å². The molecule has 2 heterocycles. The average Bonchev–Trinajstić information content (AvgIpc) is 3.17. The fourth-order valence-corrected chi connectivity index (χ4v) is 2.93. The molecule has 0 spiro atoms. The van der Waals surface area contributed by atoms with Crippen molar-refractivity contribution in [1.82, 2.24) is 19.9 Å². The Kier molecular flexibility index (Phi) is 5.96. The van der Waals surface area contributed by atoms with Crippen molar-refractivity contribution in [3.8, 4) is 5.82 Å². The minimum absolute atomic E-state index is 0.0997. The molecule has 1 saturated carbocycles. The molecule has 24 heavy (non-hydrogen) atoms. The van der Waals surface area contributed by atoms with Gasteiger partial charge in [-0.25, -0.2) is 9.97 Å². The second kappa shape index (κ2) is 8.59. The zero-order valence-corrected chi connectivity index (χ0v) is 13.9. The Hall–Kier alpha value is -2.21. The number of hydrogen-bond acceptors (Lipinski definition) is 4. The van der Waals surface area contributed by atoms with E-state index >= 15 is 0 Å². The summed E-state index contributed by atoms with van der Waals surface area (Å²) in [6, 6.07) is 3.58. The van der Waals surface area contributed by atoms with Crippen LogP contribution in [-0.2, 0) is 4.74 Å². The van der Waals surface area contributed by atoms with Crippen LogP contribution in [0.1, 0.15) is 48.9 Å². The number of pyridine rings is 1. The van der Waals surface area contributed by atoms with Crippen LogP contribution in [-0.4, -0.2) is 39.7 Å². The van der Waals surface area contributed by atoms with E-state index in [1.165, 1.54) is 32.1 Å². The van der Waals surface area contributed by atoms with Crippen molar-refractivity contribution in [2.75, 3.05) is 13.2 Å². The maximum absolute atomic E-state index is 12.1. The van der Waals surface area contributed by atoms with Gasteiger partial charge in [0.25, 0.3) is 5.91 Å². The smallest absolute Gasteiger partial charge is 0.252 e. The van der Waals surface area contributed by atoms with Gasteiger partial charge in [-0.15, -0.1) is 0 Å². The Labute approximate surface area is 142 Å². The zero-order chi connectivity index (χ0) is 16.6. The largest absolute Gasteiger partial charge is 0.378 e. The summed E-state index contributed by atoms with van der Waals surface area (Å²) in [6.07, 6.45) is 14.3. The van der Waals surface area contributed by atoms with Crippen LogP contribution in [0.25, 0.3) is 5.82 Å². The van der Waals surface area contributed by atoms with Gasteiger partial charge in [-0.1, -0.05) is 19.3 Å². The van der Waals surface area contributed by atoms with Gasteiger partial charge in [0, 0.05) is 31.7 Å². The number of nitrogens with one attached hydrogen (secondary N) is 1. The van der Waals surface area contributed by atoms with Crippen LogP contribution in [0, 0.1) is 0 Å². The second-order valence-electron chi connectivity index (χ2n) is 6.12. The van der Waals surface area contributed by atoms with Gasteiger partial charge < -0.3 is 10.1 Å². The number of amides is 1. The molecule has 1 N–H and O–H groups in total. The molecule has 1 aliphatic carbocycles. The minimum Gasteiger partial charge on any atom is -0.378 e. The first kappa shape index (κ1) is 16.6. The Morgan fingerprint density at radius 1 is 1.29 bits per heavy atom. The summed E-state index contributed by atoms with van der Waals surface area (Å²) in [5.41, 5.74) is 0.562. The highest BCUT2D eigenvalue weighted by Crippen LogP contribution is 2.20. The Morgan fingerprint density at radius 2 is 2.17 bits per heavy atom. The van der Waals surface area contributed by atoms with E-state index in [9.17, 15) is 4.79 Å². The summed E-state index contributed by atoms with van der Waals surface area (Å²) in [5.74, 6) is 0.641. The molecule has 2 aromatic rings. The highest BCUT2D eigenvalue weighted by Gasteiger charge is 2.13. The van der Waals surface area contributed by atoms with Crippen molar-refractivity contribution >= 4 is 5.91 Å². The van der Waals surface area contributed by atoms with Crippen molar-refractivity contribution in [3.05, 3.63) is 42.6 Å². The van der Waals surface area contributed by atoms with Crippen LogP contribution < -0.4 is 5.32 Å². The Balaban J connectivity index is 1.37. The first-order valence-corrected chi connectivity index (χ1v) is 8.67. The topological polar surface area (TPSA) is 69.0 Å². The van der Waals surface area contributed by atoms with Gasteiger partial charge in [-0.2, -0.15) is 0 Å². The summed E-state index contributed by atoms with van der Waals surface area (Å²) >= 11 is 0. The number of carbonyl (C=O) groups is 1. The highest BCUT2D eigenvalue weighted by atomic mass is 16.5. The van der Waals surface area contributed by atoms with E-state index in [1.807, 2.05) is 12.3 Å². The van der Waals surface area contributed by atoms with Gasteiger partial charge in [-0.05, 0) is 31.4 Å². The molecular formula is C18H24N4O2. The van der Waals surface area contributed by atoms with Crippen molar-refractivity contribution < 1.29 is 9.53 Å². The lowest BCUT2D eigenvalue weighted by molar-refractivity contribution is 0.0273. The maximum Gasteiger partial charge on any atom is 0.252 e. The molecular weight excluding hydrogens is 304 g/mol. The lowest BCUT2D eigenvalue weighted by atomic mass is 9.98. The zero-order valence-electron chi connectivity index (χ0n) is 13.9. The van der Waals surface area contributed by atoms with E-state index < -0.39 is 0 Å². The lowest BCUT2D eigenvalue weighted by Crippen LogP contribution is -2.26. The molecule has 1 amide bonds. The van der Waals surface area contributed by atoms with Crippen LogP contribution in [0.15, 0.2) is 37.1 Å². The van der Waals surface area contributed by atoms with Gasteiger partial charge in [0.05, 0.1) is 11.7 Å². The van der Waals surface area contributed by atoms with Gasteiger partial charge in [-0.3, -0.25) is 9.36 Å². The van der Waals surface area contributed by atoms with Crippen LogP contribution in [0.2, 0.25) is 0 Å². The SMILES string of the molecule is O=C(NCCCOC1CCCCC1)c1ccc(-n2ccnc2)nc1. The fourth-order valence-electron chi connectivity index (χ4n) is 2.93. The quantitative estimate of drug-likeness (QED) is 0.794. The van der Waals surface area contributed by atoms with Crippen molar-refractivity contribution in [1.29, 1.82) is 0 Å². The summed E-state index contributed by atoms with van der Waals surface area (Å²) in [4.78, 5) is 20.4. The van der Waals surface area contributed by atoms with E-state index in [-0.39, 0.29) is 5.91 Å². The average molecular weight is 328 g/mol. The van der Waals surface area contributed by atoms with Crippen LogP contribution in [0.5, 0.6) is 0 Å². The predicted molar refractivity (Wildman–Crippen MR) is 91.1 cm³/mol. The highest BCUT2D eigenvalue weighted by molar-refractivity contribution is 5.93. The van der Waals surface area contributed by atoms with Gasteiger partial charge in [0.2, 0.25) is 0 Å². The monoisotopic (exact) mass is 328 g/mol. The molecule has 6 nitrogen and oxygen atoms in total. The molecule has 0 bridgehead atoms. The van der Waals surface area contributed by atoms with Crippen molar-refractivity contribution in [2.45, 2.75) is 44.6 Å². The minimum atomic E-state index is -0.0997. The van der Waals surface area contributed by atoms with Crippen molar-refractivity contribution in [2.24, 2.45) is 0 Å². The van der Waals surface area contributed by atoms with Crippen LogP contribution >= 0.6 is 0 Å². The molecule has 1 aliphatic rings. The summed E-state index contributed by atoms with van der Waals surface area (Å²) in [7, 11) is 0. The first-order valence-electron chi connectivity index (χ1n) is 8.67. The van der Waals surface area contributed by atoms with E-state index in [2.05, 4.69) is 15.3 Å². The van der Waals surface area contributed by atoms with Gasteiger partial charge >= 0.3 is 0 Å². The Morgan fingerprint density at radius 3 is 2.88 bits per heavy atom. The summed E-state index contributed by atoms with van der Waals surface area (Å²) < 4.78 is 7.65. The molecule has 2 aromatic heterocycles. The van der Waals surface area contributed by atoms with Crippen molar-refractivity contribution in [3.63, 3.8) is 0 Å². The number of carbonyl (C=O) groups excluding carboxylic acids is 1. The number of rotatable bonds is 7. The van der Waals surface area contributed by atoms with Gasteiger partial charge in [0.15, 0.2) is 0 Å². The Bertz CT molecular complexity index is 619. The maximum atomic E-state index is 12.1. The number of aromatic nitrogens is 3. The van der Waals surface area contributed by atoms with Gasteiger partial charge in [0.1, 0.15) is 12.1 Å². The van der Waals surface area contributed by atoms with Crippen LogP contribution in [0.4, 0.5) is 0 Å². The third-order valence-electron chi connectivity index (χ3n) is 4.29. The van der Waals surface area contributed by atoms with E-state index in [0.717, 1.165) is 12.2 Å². The number of nitrogens with zero attached hydrogens (tertiary/aromatic N) is 3. The third-order valence-corrected chi connectivity index (χ3v) is 4.29. The lowest BCUT2D eigenvalue weighted by Gasteiger charge is -2.21. The normalized spacial score (nSPS) is 15.3. The fraction of sp³-hybridized carbons (Fsp3) is 0.500. The first-order chi connectivity index (χ1) is 11.8. The summed E-state index contributed by atoms with van der Waals surface area (Å²) in [6.45, 7) is 1.33. The number of ether oxygens (including phenoxy) is 1. The number of imidazole rings is 1. The molecule has 0 saturated heterocycles. The summed E-state index contributed by atoms with van der Waals surface area (Å²) in [5, 5.41) is 2.91. The molecule has 0 radical (unpaired) electrons. The van der Waals surface area contributed by atoms with Crippen LogP contribution in [0.3, 0.4) is 0 Å². The molecule has 6 heteroatoms. The molecule has 0 aromatic carbocycles. The number of hydrogen-bond donors (Lipinski definition) is 1. The molecule has 0 aliphatic heterocycles. The second-order valence-corrected chi connectivity index (χ2v) is 6.12. The third kappa shape index (κ3) is 4.64. The molecule has 0 atom stereocenters. The molecule has 1 fully saturated rings. The van der Waals surface area contributed by atoms with E-state index in [1.54, 1.807) is 29.4 Å². The molecule has 3 rings (SSSR count). The van der Waals surface area contributed by atoms with E-state index in [0.29, 0.717) is 24.8 Å². The molecule has 0 unspecified atom stereocenters. The standard InChI is InChI=1S/C18H24N4O2/c23-18(20-9-4-12-24-16-5-2-1-3-6-16)15-7-8-17(21-13-15)22-11-10-19-14-22/h7-8,10-11,13-14,16H,1-6,9,12H2,(H,20,23).